The second kappa shape index (κ2) is 3.59. The van der Waals surface area contributed by atoms with E-state index < -0.39 is 0 Å². The van der Waals surface area contributed by atoms with Crippen LogP contribution in [-0.2, 0) is 11.8 Å². The number of nitrogens with zero attached hydrogens (tertiary/aromatic N) is 1. The number of aryl methyl sites for hydroxylation is 2. The van der Waals surface area contributed by atoms with Gasteiger partial charge in [0.05, 0.1) is 5.41 Å². The first-order valence-corrected chi connectivity index (χ1v) is 6.59. The van der Waals surface area contributed by atoms with Crippen molar-refractivity contribution in [3.63, 3.8) is 0 Å². The highest BCUT2D eigenvalue weighted by Crippen LogP contribution is 2.52. The molecule has 1 spiro atoms. The van der Waals surface area contributed by atoms with Crippen molar-refractivity contribution in [2.75, 3.05) is 12.4 Å². The van der Waals surface area contributed by atoms with Crippen molar-refractivity contribution in [1.29, 1.82) is 0 Å². The maximum absolute atomic E-state index is 4.47. The number of hydrogen-bond donors (Lipinski definition) is 1. The SMILES string of the molecule is CCc1cc2c(cc1C)C1(CCC1)C(=NC)N2. The number of aliphatic imine (C=N–C) groups is 1. The average Bonchev–Trinajstić information content (AvgIpc) is 2.60. The third-order valence-electron chi connectivity index (χ3n) is 4.51. The molecule has 0 unspecified atom stereocenters. The number of fused-ring (bicyclic) bond motifs is 2. The van der Waals surface area contributed by atoms with Gasteiger partial charge in [0.2, 0.25) is 0 Å². The Balaban J connectivity index is 2.16. The fraction of sp³-hybridized carbons (Fsp3) is 0.533. The van der Waals surface area contributed by atoms with Crippen LogP contribution in [0.15, 0.2) is 17.1 Å². The van der Waals surface area contributed by atoms with Gasteiger partial charge in [0, 0.05) is 12.7 Å². The molecule has 90 valence electrons. The molecule has 2 nitrogen and oxygen atoms in total. The maximum atomic E-state index is 4.47. The molecule has 1 saturated carbocycles. The van der Waals surface area contributed by atoms with Crippen LogP contribution in [0.3, 0.4) is 0 Å². The summed E-state index contributed by atoms with van der Waals surface area (Å²) in [5.74, 6) is 1.19. The topological polar surface area (TPSA) is 24.4 Å². The lowest BCUT2D eigenvalue weighted by Crippen LogP contribution is -2.41. The highest BCUT2D eigenvalue weighted by molar-refractivity contribution is 6.10. The summed E-state index contributed by atoms with van der Waals surface area (Å²) in [7, 11) is 1.90. The first kappa shape index (κ1) is 10.8. The minimum Gasteiger partial charge on any atom is -0.343 e. The number of anilines is 1. The van der Waals surface area contributed by atoms with Gasteiger partial charge in [0.1, 0.15) is 5.84 Å². The highest BCUT2D eigenvalue weighted by atomic mass is 15.1. The molecule has 2 aliphatic rings. The molecule has 1 fully saturated rings. The second-order valence-electron chi connectivity index (χ2n) is 5.31. The van der Waals surface area contributed by atoms with Gasteiger partial charge in [0.25, 0.3) is 0 Å². The molecule has 1 aliphatic heterocycles. The Bertz CT molecular complexity index is 496. The fourth-order valence-electron chi connectivity index (χ4n) is 3.31. The Hall–Kier alpha value is -1.31. The third kappa shape index (κ3) is 1.30. The van der Waals surface area contributed by atoms with E-state index >= 15 is 0 Å². The van der Waals surface area contributed by atoms with Crippen LogP contribution in [0.1, 0.15) is 42.9 Å². The molecule has 0 radical (unpaired) electrons. The molecule has 0 saturated heterocycles. The van der Waals surface area contributed by atoms with Gasteiger partial charge in [-0.2, -0.15) is 0 Å². The molecule has 1 N–H and O–H groups in total. The summed E-state index contributed by atoms with van der Waals surface area (Å²) in [6, 6.07) is 4.71. The van der Waals surface area contributed by atoms with Crippen molar-refractivity contribution >= 4 is 11.5 Å². The minimum absolute atomic E-state index is 0.237. The van der Waals surface area contributed by atoms with E-state index in [1.165, 1.54) is 47.5 Å². The molecule has 0 aromatic heterocycles. The maximum Gasteiger partial charge on any atom is 0.111 e. The van der Waals surface area contributed by atoms with Crippen LogP contribution in [0.5, 0.6) is 0 Å². The van der Waals surface area contributed by atoms with Gasteiger partial charge in [-0.05, 0) is 48.9 Å². The Labute approximate surface area is 103 Å². The summed E-state index contributed by atoms with van der Waals surface area (Å²) in [6.07, 6.45) is 4.94. The smallest absolute Gasteiger partial charge is 0.111 e. The number of rotatable bonds is 1. The van der Waals surface area contributed by atoms with Crippen molar-refractivity contribution in [2.24, 2.45) is 4.99 Å². The quantitative estimate of drug-likeness (QED) is 0.782. The second-order valence-corrected chi connectivity index (χ2v) is 5.31. The van der Waals surface area contributed by atoms with E-state index in [1.807, 2.05) is 7.05 Å². The monoisotopic (exact) mass is 228 g/mol. The lowest BCUT2D eigenvalue weighted by molar-refractivity contribution is 0.347. The van der Waals surface area contributed by atoms with Crippen molar-refractivity contribution in [1.82, 2.24) is 0 Å². The van der Waals surface area contributed by atoms with E-state index in [0.717, 1.165) is 6.42 Å². The predicted molar refractivity (Wildman–Crippen MR) is 73.1 cm³/mol. The van der Waals surface area contributed by atoms with Crippen LogP contribution >= 0.6 is 0 Å². The molecule has 1 aromatic carbocycles. The Morgan fingerprint density at radius 2 is 2.12 bits per heavy atom. The van der Waals surface area contributed by atoms with Crippen LogP contribution in [-0.4, -0.2) is 12.9 Å². The van der Waals surface area contributed by atoms with Crippen LogP contribution in [0.2, 0.25) is 0 Å². The van der Waals surface area contributed by atoms with Gasteiger partial charge in [-0.3, -0.25) is 4.99 Å². The van der Waals surface area contributed by atoms with Crippen LogP contribution in [0.25, 0.3) is 0 Å². The van der Waals surface area contributed by atoms with Gasteiger partial charge in [-0.1, -0.05) is 19.4 Å². The zero-order chi connectivity index (χ0) is 12.0. The van der Waals surface area contributed by atoms with Gasteiger partial charge in [-0.25, -0.2) is 0 Å². The van der Waals surface area contributed by atoms with Gasteiger partial charge >= 0.3 is 0 Å². The first-order chi connectivity index (χ1) is 8.21. The largest absolute Gasteiger partial charge is 0.343 e. The number of amidine groups is 1. The molecular formula is C15H20N2. The number of benzene rings is 1. The minimum atomic E-state index is 0.237. The Morgan fingerprint density at radius 3 is 2.65 bits per heavy atom. The van der Waals surface area contributed by atoms with Gasteiger partial charge in [0.15, 0.2) is 0 Å². The van der Waals surface area contributed by atoms with E-state index in [9.17, 15) is 0 Å². The van der Waals surface area contributed by atoms with E-state index in [-0.39, 0.29) is 5.41 Å². The average molecular weight is 228 g/mol. The van der Waals surface area contributed by atoms with Gasteiger partial charge in [-0.15, -0.1) is 0 Å². The summed E-state index contributed by atoms with van der Waals surface area (Å²) in [4.78, 5) is 4.47. The Kier molecular flexibility index (Phi) is 2.29. The normalized spacial score (nSPS) is 22.4. The van der Waals surface area contributed by atoms with Gasteiger partial charge < -0.3 is 5.32 Å². The van der Waals surface area contributed by atoms with Crippen molar-refractivity contribution in [2.45, 2.75) is 44.9 Å². The summed E-state index contributed by atoms with van der Waals surface area (Å²) in [5.41, 5.74) is 5.90. The van der Waals surface area contributed by atoms with E-state index in [2.05, 4.69) is 36.3 Å². The van der Waals surface area contributed by atoms with E-state index in [4.69, 9.17) is 0 Å². The molecule has 2 heteroatoms. The molecule has 3 rings (SSSR count). The van der Waals surface area contributed by atoms with Crippen molar-refractivity contribution in [3.8, 4) is 0 Å². The lowest BCUT2D eigenvalue weighted by atomic mass is 9.64. The van der Waals surface area contributed by atoms with E-state index in [1.54, 1.807) is 0 Å². The lowest BCUT2D eigenvalue weighted by Gasteiger charge is -2.38. The zero-order valence-electron chi connectivity index (χ0n) is 10.9. The molecule has 0 amide bonds. The zero-order valence-corrected chi connectivity index (χ0v) is 10.9. The van der Waals surface area contributed by atoms with Crippen molar-refractivity contribution < 1.29 is 0 Å². The van der Waals surface area contributed by atoms with Crippen LogP contribution in [0.4, 0.5) is 5.69 Å². The molecule has 0 atom stereocenters. The first-order valence-electron chi connectivity index (χ1n) is 6.59. The summed E-state index contributed by atoms with van der Waals surface area (Å²) in [6.45, 7) is 4.45. The summed E-state index contributed by atoms with van der Waals surface area (Å²) < 4.78 is 0. The molecule has 1 aliphatic carbocycles. The van der Waals surface area contributed by atoms with E-state index in [0.29, 0.717) is 0 Å². The van der Waals surface area contributed by atoms with Crippen LogP contribution < -0.4 is 5.32 Å². The molecule has 1 aromatic rings. The van der Waals surface area contributed by atoms with Crippen molar-refractivity contribution in [3.05, 3.63) is 28.8 Å². The Morgan fingerprint density at radius 1 is 1.35 bits per heavy atom. The van der Waals surface area contributed by atoms with Crippen LogP contribution in [0, 0.1) is 6.92 Å². The molecule has 1 heterocycles. The predicted octanol–water partition coefficient (Wildman–Crippen LogP) is 3.43. The summed E-state index contributed by atoms with van der Waals surface area (Å²) >= 11 is 0. The molecule has 0 bridgehead atoms. The molecule has 17 heavy (non-hydrogen) atoms. The molecular weight excluding hydrogens is 208 g/mol. The fourth-order valence-corrected chi connectivity index (χ4v) is 3.31. The standard InChI is InChI=1S/C15H20N2/c1-4-11-9-13-12(8-10(11)2)15(6-5-7-15)14(16-3)17-13/h8-9H,4-7H2,1-3H3,(H,16,17). The highest BCUT2D eigenvalue weighted by Gasteiger charge is 2.48. The third-order valence-corrected chi connectivity index (χ3v) is 4.51. The summed E-state index contributed by atoms with van der Waals surface area (Å²) in [5, 5.41) is 3.53. The number of nitrogens with one attached hydrogen (secondary N) is 1. The number of hydrogen-bond acceptors (Lipinski definition) is 1.